The second kappa shape index (κ2) is 5.77. The van der Waals surface area contributed by atoms with E-state index in [4.69, 9.17) is 9.84 Å². The number of carbonyl (C=O) groups is 2. The zero-order valence-electron chi connectivity index (χ0n) is 11.5. The van der Waals surface area contributed by atoms with E-state index in [1.54, 1.807) is 18.9 Å². The average molecular weight is 270 g/mol. The zero-order chi connectivity index (χ0) is 14.0. The highest BCUT2D eigenvalue weighted by Crippen LogP contribution is 2.27. The Morgan fingerprint density at radius 1 is 1.32 bits per heavy atom. The number of aliphatic carboxylic acids is 1. The molecule has 0 bridgehead atoms. The Morgan fingerprint density at radius 2 is 2.00 bits per heavy atom. The molecule has 108 valence electrons. The van der Waals surface area contributed by atoms with Crippen molar-refractivity contribution in [3.63, 3.8) is 0 Å². The van der Waals surface area contributed by atoms with Crippen molar-refractivity contribution in [1.29, 1.82) is 0 Å². The summed E-state index contributed by atoms with van der Waals surface area (Å²) in [6, 6.07) is 0.0486. The maximum absolute atomic E-state index is 12.2. The van der Waals surface area contributed by atoms with Gasteiger partial charge in [-0.05, 0) is 6.42 Å². The zero-order valence-corrected chi connectivity index (χ0v) is 11.5. The number of carboxylic acids is 1. The fourth-order valence-corrected chi connectivity index (χ4v) is 2.76. The summed E-state index contributed by atoms with van der Waals surface area (Å²) in [4.78, 5) is 26.6. The van der Waals surface area contributed by atoms with Crippen molar-refractivity contribution in [2.75, 3.05) is 39.9 Å². The van der Waals surface area contributed by atoms with Crippen LogP contribution in [-0.2, 0) is 9.53 Å². The number of hydrogen-bond acceptors (Lipinski definition) is 3. The minimum atomic E-state index is -0.779. The van der Waals surface area contributed by atoms with E-state index in [9.17, 15) is 9.59 Å². The Bertz CT molecular complexity index is 355. The molecule has 0 spiro atoms. The Balaban J connectivity index is 1.76. The molecular formula is C13H22N2O4. The summed E-state index contributed by atoms with van der Waals surface area (Å²) in [6.07, 6.45) is 0.988. The molecule has 1 N–H and O–H groups in total. The van der Waals surface area contributed by atoms with Crippen LogP contribution in [0, 0.1) is 17.8 Å². The summed E-state index contributed by atoms with van der Waals surface area (Å²) in [5.41, 5.74) is 0. The summed E-state index contributed by atoms with van der Waals surface area (Å²) in [5.74, 6) is -0.620. The van der Waals surface area contributed by atoms with E-state index in [1.807, 2.05) is 4.90 Å². The van der Waals surface area contributed by atoms with Crippen LogP contribution in [-0.4, -0.2) is 66.8 Å². The first-order valence-corrected chi connectivity index (χ1v) is 6.78. The number of carbonyl (C=O) groups excluding carboxylic acids is 1. The van der Waals surface area contributed by atoms with E-state index >= 15 is 0 Å². The maximum Gasteiger partial charge on any atom is 0.320 e. The van der Waals surface area contributed by atoms with Crippen LogP contribution in [0.3, 0.4) is 0 Å². The third kappa shape index (κ3) is 3.00. The first-order chi connectivity index (χ1) is 9.02. The van der Waals surface area contributed by atoms with Crippen LogP contribution in [0.1, 0.15) is 13.3 Å². The Morgan fingerprint density at radius 3 is 2.58 bits per heavy atom. The molecule has 0 saturated carbocycles. The number of nitrogens with zero attached hydrogens (tertiary/aromatic N) is 2. The SMILES string of the molecule is COCC1CCN(C(=O)N2CC(C(C)C(=O)O)C2)C1. The molecule has 0 radical (unpaired) electrons. The summed E-state index contributed by atoms with van der Waals surface area (Å²) in [5, 5.41) is 8.92. The number of ether oxygens (including phenoxy) is 1. The number of urea groups is 1. The van der Waals surface area contributed by atoms with Crippen molar-refractivity contribution >= 4 is 12.0 Å². The average Bonchev–Trinajstić information content (AvgIpc) is 2.75. The number of carboxylic acid groups (broad SMARTS) is 1. The lowest BCUT2D eigenvalue weighted by Crippen LogP contribution is -2.57. The molecule has 6 heteroatoms. The lowest BCUT2D eigenvalue weighted by molar-refractivity contribution is -0.144. The topological polar surface area (TPSA) is 70.1 Å². The number of hydrogen-bond donors (Lipinski definition) is 1. The fourth-order valence-electron chi connectivity index (χ4n) is 2.76. The van der Waals surface area contributed by atoms with Crippen molar-refractivity contribution < 1.29 is 19.4 Å². The van der Waals surface area contributed by atoms with E-state index in [2.05, 4.69) is 0 Å². The summed E-state index contributed by atoms with van der Waals surface area (Å²) in [6.45, 7) is 5.07. The first-order valence-electron chi connectivity index (χ1n) is 6.78. The molecule has 6 nitrogen and oxygen atoms in total. The quantitative estimate of drug-likeness (QED) is 0.817. The van der Waals surface area contributed by atoms with Gasteiger partial charge in [-0.2, -0.15) is 0 Å². The molecule has 2 atom stereocenters. The van der Waals surface area contributed by atoms with E-state index in [0.717, 1.165) is 19.5 Å². The summed E-state index contributed by atoms with van der Waals surface area (Å²) >= 11 is 0. The molecule has 2 aliphatic rings. The molecule has 2 rings (SSSR count). The predicted molar refractivity (Wildman–Crippen MR) is 68.8 cm³/mol. The van der Waals surface area contributed by atoms with Crippen molar-refractivity contribution in [3.05, 3.63) is 0 Å². The van der Waals surface area contributed by atoms with Gasteiger partial charge < -0.3 is 19.6 Å². The first kappa shape index (κ1) is 14.1. The number of likely N-dealkylation sites (tertiary alicyclic amines) is 2. The van der Waals surface area contributed by atoms with E-state index in [0.29, 0.717) is 25.6 Å². The Hall–Kier alpha value is -1.30. The van der Waals surface area contributed by atoms with Gasteiger partial charge in [-0.3, -0.25) is 4.79 Å². The molecule has 2 fully saturated rings. The minimum Gasteiger partial charge on any atom is -0.481 e. The lowest BCUT2D eigenvalue weighted by Gasteiger charge is -2.42. The standard InChI is InChI=1S/C13H22N2O4/c1-9(12(16)17)11-6-15(7-11)13(18)14-4-3-10(5-14)8-19-2/h9-11H,3-8H2,1-2H3,(H,16,17). The highest BCUT2D eigenvalue weighted by atomic mass is 16.5. The van der Waals surface area contributed by atoms with E-state index in [-0.39, 0.29) is 17.9 Å². The van der Waals surface area contributed by atoms with Crippen LogP contribution >= 0.6 is 0 Å². The van der Waals surface area contributed by atoms with Crippen LogP contribution in [0.25, 0.3) is 0 Å². The molecule has 2 aliphatic heterocycles. The van der Waals surface area contributed by atoms with Gasteiger partial charge in [0.15, 0.2) is 0 Å². The molecular weight excluding hydrogens is 248 g/mol. The van der Waals surface area contributed by atoms with Crippen LogP contribution in [0.5, 0.6) is 0 Å². The third-order valence-corrected chi connectivity index (χ3v) is 4.24. The molecule has 2 heterocycles. The van der Waals surface area contributed by atoms with Gasteiger partial charge in [0.05, 0.1) is 12.5 Å². The van der Waals surface area contributed by atoms with Gasteiger partial charge in [-0.1, -0.05) is 6.92 Å². The maximum atomic E-state index is 12.2. The smallest absolute Gasteiger partial charge is 0.320 e. The highest BCUT2D eigenvalue weighted by Gasteiger charge is 2.40. The molecule has 2 saturated heterocycles. The molecule has 0 aliphatic carbocycles. The van der Waals surface area contributed by atoms with Gasteiger partial charge in [0.2, 0.25) is 0 Å². The summed E-state index contributed by atoms with van der Waals surface area (Å²) < 4.78 is 5.11. The Labute approximate surface area is 113 Å². The molecule has 0 aromatic carbocycles. The van der Waals surface area contributed by atoms with Gasteiger partial charge >= 0.3 is 12.0 Å². The highest BCUT2D eigenvalue weighted by molar-refractivity contribution is 5.76. The molecule has 2 unspecified atom stereocenters. The van der Waals surface area contributed by atoms with E-state index in [1.165, 1.54) is 0 Å². The number of methoxy groups -OCH3 is 1. The van der Waals surface area contributed by atoms with Crippen LogP contribution < -0.4 is 0 Å². The van der Waals surface area contributed by atoms with Crippen molar-refractivity contribution in [2.24, 2.45) is 17.8 Å². The monoisotopic (exact) mass is 270 g/mol. The van der Waals surface area contributed by atoms with Crippen molar-refractivity contribution in [1.82, 2.24) is 9.80 Å². The van der Waals surface area contributed by atoms with Crippen molar-refractivity contribution in [2.45, 2.75) is 13.3 Å². The molecule has 19 heavy (non-hydrogen) atoms. The number of rotatable bonds is 4. The minimum absolute atomic E-state index is 0.0486. The lowest BCUT2D eigenvalue weighted by atomic mass is 9.87. The van der Waals surface area contributed by atoms with Crippen LogP contribution in [0.4, 0.5) is 4.79 Å². The second-order valence-corrected chi connectivity index (χ2v) is 5.63. The predicted octanol–water partition coefficient (Wildman–Crippen LogP) is 0.727. The van der Waals surface area contributed by atoms with E-state index < -0.39 is 5.97 Å². The Kier molecular flexibility index (Phi) is 4.29. The van der Waals surface area contributed by atoms with Gasteiger partial charge in [-0.25, -0.2) is 4.79 Å². The fraction of sp³-hybridized carbons (Fsp3) is 0.846. The molecule has 0 aromatic heterocycles. The summed E-state index contributed by atoms with van der Waals surface area (Å²) in [7, 11) is 1.68. The third-order valence-electron chi connectivity index (χ3n) is 4.24. The normalized spacial score (nSPS) is 25.3. The molecule has 0 aromatic rings. The van der Waals surface area contributed by atoms with Crippen molar-refractivity contribution in [3.8, 4) is 0 Å². The van der Waals surface area contributed by atoms with Crippen LogP contribution in [0.15, 0.2) is 0 Å². The van der Waals surface area contributed by atoms with Gasteiger partial charge in [0.1, 0.15) is 0 Å². The van der Waals surface area contributed by atoms with Gasteiger partial charge in [-0.15, -0.1) is 0 Å². The second-order valence-electron chi connectivity index (χ2n) is 5.63. The molecule has 2 amide bonds. The van der Waals surface area contributed by atoms with Crippen LogP contribution in [0.2, 0.25) is 0 Å². The largest absolute Gasteiger partial charge is 0.481 e. The van der Waals surface area contributed by atoms with Gasteiger partial charge in [0, 0.05) is 45.1 Å². The number of amides is 2. The van der Waals surface area contributed by atoms with Gasteiger partial charge in [0.25, 0.3) is 0 Å².